The van der Waals surface area contributed by atoms with Gasteiger partial charge in [-0.1, -0.05) is 36.4 Å². The molecule has 4 heteroatoms. The molecule has 2 unspecified atom stereocenters. The quantitative estimate of drug-likeness (QED) is 0.768. The van der Waals surface area contributed by atoms with Crippen LogP contribution in [0.2, 0.25) is 0 Å². The average Bonchev–Trinajstić information content (AvgIpc) is 2.53. The van der Waals surface area contributed by atoms with Crippen molar-refractivity contribution in [2.24, 2.45) is 16.1 Å². The molecule has 20 heavy (non-hydrogen) atoms. The highest BCUT2D eigenvalue weighted by Gasteiger charge is 2.27. The Kier molecular flexibility index (Phi) is 3.29. The molecule has 1 heterocycles. The van der Waals surface area contributed by atoms with Gasteiger partial charge in [0.2, 0.25) is 0 Å². The summed E-state index contributed by atoms with van der Waals surface area (Å²) in [6, 6.07) is 7.27. The molecule has 0 saturated carbocycles. The summed E-state index contributed by atoms with van der Waals surface area (Å²) < 4.78 is 4.76. The second-order valence-corrected chi connectivity index (χ2v) is 4.69. The number of nitrogens with zero attached hydrogens (tertiary/aromatic N) is 2. The first-order valence-electron chi connectivity index (χ1n) is 6.43. The number of esters is 1. The summed E-state index contributed by atoms with van der Waals surface area (Å²) in [5.41, 5.74) is 2.63. The fraction of sp³-hybridized carbons (Fsp3) is 0.188. The van der Waals surface area contributed by atoms with Crippen LogP contribution >= 0.6 is 0 Å². The fourth-order valence-electron chi connectivity index (χ4n) is 2.47. The average molecular weight is 266 g/mol. The number of methoxy groups -OCH3 is 1. The number of carbonyl (C=O) groups excluding carboxylic acids is 1. The lowest BCUT2D eigenvalue weighted by atomic mass is 9.84. The van der Waals surface area contributed by atoms with Crippen LogP contribution in [0.25, 0.3) is 0 Å². The zero-order valence-corrected chi connectivity index (χ0v) is 11.1. The summed E-state index contributed by atoms with van der Waals surface area (Å²) in [5, 5.41) is 8.40. The van der Waals surface area contributed by atoms with Crippen molar-refractivity contribution in [2.45, 2.75) is 6.04 Å². The number of rotatable bonds is 2. The highest BCUT2D eigenvalue weighted by molar-refractivity contribution is 5.89. The molecule has 100 valence electrons. The number of azo groups is 1. The maximum Gasteiger partial charge on any atom is 0.337 e. The van der Waals surface area contributed by atoms with Gasteiger partial charge in [0.15, 0.2) is 0 Å². The van der Waals surface area contributed by atoms with Crippen molar-refractivity contribution in [2.75, 3.05) is 7.11 Å². The molecule has 2 atom stereocenters. The first-order valence-corrected chi connectivity index (χ1v) is 6.43. The Labute approximate surface area is 117 Å². The third-order valence-corrected chi connectivity index (χ3v) is 3.49. The van der Waals surface area contributed by atoms with Crippen LogP contribution in [-0.4, -0.2) is 13.1 Å². The minimum Gasteiger partial charge on any atom is -0.465 e. The van der Waals surface area contributed by atoms with Gasteiger partial charge in [0.05, 0.1) is 18.9 Å². The molecule has 0 spiro atoms. The first kappa shape index (κ1) is 12.5. The van der Waals surface area contributed by atoms with Crippen molar-refractivity contribution in [3.63, 3.8) is 0 Å². The van der Waals surface area contributed by atoms with E-state index >= 15 is 0 Å². The summed E-state index contributed by atoms with van der Waals surface area (Å²) in [6.45, 7) is 0. The van der Waals surface area contributed by atoms with Crippen LogP contribution in [0.4, 0.5) is 0 Å². The maximum absolute atomic E-state index is 11.6. The van der Waals surface area contributed by atoms with E-state index in [-0.39, 0.29) is 17.9 Å². The lowest BCUT2D eigenvalue weighted by Crippen LogP contribution is -2.15. The van der Waals surface area contributed by atoms with Crippen molar-refractivity contribution in [3.8, 4) is 0 Å². The fourth-order valence-corrected chi connectivity index (χ4v) is 2.47. The van der Waals surface area contributed by atoms with Crippen LogP contribution in [0.5, 0.6) is 0 Å². The molecule has 1 aliphatic carbocycles. The molecule has 0 saturated heterocycles. The normalized spacial score (nSPS) is 23.1. The lowest BCUT2D eigenvalue weighted by Gasteiger charge is -2.25. The Bertz CT molecular complexity index is 656. The summed E-state index contributed by atoms with van der Waals surface area (Å²) >= 11 is 0. The molecule has 1 aromatic carbocycles. The highest BCUT2D eigenvalue weighted by atomic mass is 16.5. The zero-order chi connectivity index (χ0) is 13.9. The third-order valence-electron chi connectivity index (χ3n) is 3.49. The number of hydrogen-bond donors (Lipinski definition) is 0. The van der Waals surface area contributed by atoms with Crippen LogP contribution < -0.4 is 0 Å². The van der Waals surface area contributed by atoms with Crippen LogP contribution in [0.1, 0.15) is 22.0 Å². The van der Waals surface area contributed by atoms with E-state index in [1.165, 1.54) is 7.11 Å². The second kappa shape index (κ2) is 5.25. The Morgan fingerprint density at radius 3 is 3.05 bits per heavy atom. The number of hydrogen-bond acceptors (Lipinski definition) is 4. The highest BCUT2D eigenvalue weighted by Crippen LogP contribution is 2.38. The summed E-state index contributed by atoms with van der Waals surface area (Å²) in [5.74, 6) is -0.167. The van der Waals surface area contributed by atoms with Crippen molar-refractivity contribution < 1.29 is 9.53 Å². The Balaban J connectivity index is 1.95. The van der Waals surface area contributed by atoms with Gasteiger partial charge in [0.25, 0.3) is 0 Å². The molecule has 0 N–H and O–H groups in total. The number of benzene rings is 1. The van der Waals surface area contributed by atoms with Gasteiger partial charge in [-0.2, -0.15) is 10.2 Å². The maximum atomic E-state index is 11.6. The number of ether oxygens (including phenoxy) is 1. The largest absolute Gasteiger partial charge is 0.465 e. The predicted octanol–water partition coefficient (Wildman–Crippen LogP) is 3.61. The smallest absolute Gasteiger partial charge is 0.337 e. The molecular weight excluding hydrogens is 252 g/mol. The molecule has 4 nitrogen and oxygen atoms in total. The van der Waals surface area contributed by atoms with Gasteiger partial charge in [-0.05, 0) is 23.3 Å². The van der Waals surface area contributed by atoms with E-state index in [1.54, 1.807) is 12.3 Å². The van der Waals surface area contributed by atoms with Crippen molar-refractivity contribution >= 4 is 5.97 Å². The van der Waals surface area contributed by atoms with Gasteiger partial charge < -0.3 is 4.74 Å². The summed E-state index contributed by atoms with van der Waals surface area (Å²) in [7, 11) is 1.38. The molecule has 2 aliphatic rings. The first-order chi connectivity index (χ1) is 9.79. The third kappa shape index (κ3) is 2.20. The molecule has 0 amide bonds. The molecule has 0 fully saturated rings. The van der Waals surface area contributed by atoms with Gasteiger partial charge in [0, 0.05) is 5.92 Å². The molecule has 3 rings (SSSR count). The molecule has 0 bridgehead atoms. The topological polar surface area (TPSA) is 51.0 Å². The molecule has 0 aromatic heterocycles. The molecular formula is C16H14N2O2. The van der Waals surface area contributed by atoms with Crippen LogP contribution in [0, 0.1) is 5.92 Å². The molecule has 0 radical (unpaired) electrons. The number of fused-ring (bicyclic) bond motifs is 1. The summed E-state index contributed by atoms with van der Waals surface area (Å²) in [4.78, 5) is 11.6. The predicted molar refractivity (Wildman–Crippen MR) is 75.2 cm³/mol. The van der Waals surface area contributed by atoms with E-state index < -0.39 is 0 Å². The van der Waals surface area contributed by atoms with Gasteiger partial charge in [-0.25, -0.2) is 4.79 Å². The standard InChI is InChI=1S/C16H14N2O2/c1-20-16(19)12-7-4-6-11(9-12)15-14-8-3-2-5-13(14)10-17-18-15/h2-10,14-15H,1H3. The number of allylic oxidation sites excluding steroid dienone is 3. The van der Waals surface area contributed by atoms with Crippen molar-refractivity contribution in [1.82, 2.24) is 0 Å². The summed E-state index contributed by atoms with van der Waals surface area (Å²) in [6.07, 6.45) is 9.94. The lowest BCUT2D eigenvalue weighted by molar-refractivity contribution is 0.0600. The second-order valence-electron chi connectivity index (χ2n) is 4.69. The Hall–Kier alpha value is -2.49. The molecule has 1 aromatic rings. The van der Waals surface area contributed by atoms with Crippen LogP contribution in [0.15, 0.2) is 70.6 Å². The van der Waals surface area contributed by atoms with E-state index in [9.17, 15) is 4.79 Å². The Morgan fingerprint density at radius 1 is 1.30 bits per heavy atom. The van der Waals surface area contributed by atoms with E-state index in [2.05, 4.69) is 16.3 Å². The minimum absolute atomic E-state index is 0.0965. The van der Waals surface area contributed by atoms with Gasteiger partial charge >= 0.3 is 5.97 Å². The van der Waals surface area contributed by atoms with Gasteiger partial charge in [-0.15, -0.1) is 0 Å². The Morgan fingerprint density at radius 2 is 2.20 bits per heavy atom. The number of carbonyl (C=O) groups is 1. The van der Waals surface area contributed by atoms with E-state index in [1.807, 2.05) is 36.4 Å². The van der Waals surface area contributed by atoms with Gasteiger partial charge in [0.1, 0.15) is 6.04 Å². The monoisotopic (exact) mass is 266 g/mol. The van der Waals surface area contributed by atoms with Crippen molar-refractivity contribution in [3.05, 3.63) is 71.5 Å². The molecule has 1 aliphatic heterocycles. The van der Waals surface area contributed by atoms with E-state index in [0.717, 1.165) is 11.1 Å². The minimum atomic E-state index is -0.338. The van der Waals surface area contributed by atoms with Crippen LogP contribution in [-0.2, 0) is 4.74 Å². The SMILES string of the molecule is COC(=O)c1cccc(C2N=NC=C3C=CC=CC32)c1. The van der Waals surface area contributed by atoms with E-state index in [4.69, 9.17) is 4.74 Å². The van der Waals surface area contributed by atoms with Gasteiger partial charge in [-0.3, -0.25) is 0 Å². The zero-order valence-electron chi connectivity index (χ0n) is 11.1. The van der Waals surface area contributed by atoms with E-state index in [0.29, 0.717) is 5.56 Å². The van der Waals surface area contributed by atoms with Crippen LogP contribution in [0.3, 0.4) is 0 Å². The van der Waals surface area contributed by atoms with Crippen molar-refractivity contribution in [1.29, 1.82) is 0 Å².